The highest BCUT2D eigenvalue weighted by Gasteiger charge is 2.26. The van der Waals surface area contributed by atoms with E-state index in [0.717, 1.165) is 24.3 Å². The van der Waals surface area contributed by atoms with Gasteiger partial charge < -0.3 is 0 Å². The van der Waals surface area contributed by atoms with Crippen LogP contribution in [0.25, 0.3) is 0 Å². The maximum atomic E-state index is 15.4. The largest absolute Gasteiger partial charge is 0.295 e. The van der Waals surface area contributed by atoms with Crippen molar-refractivity contribution in [2.75, 3.05) is 4.72 Å². The van der Waals surface area contributed by atoms with Crippen molar-refractivity contribution >= 4 is 27.2 Å². The molecule has 0 saturated carbocycles. The van der Waals surface area contributed by atoms with Gasteiger partial charge in [0.2, 0.25) is 0 Å². The van der Waals surface area contributed by atoms with Crippen LogP contribution in [0.5, 0.6) is 0 Å². The van der Waals surface area contributed by atoms with Gasteiger partial charge in [-0.2, -0.15) is 5.10 Å². The molecule has 2 aliphatic rings. The van der Waals surface area contributed by atoms with Crippen LogP contribution in [-0.2, 0) is 14.8 Å². The van der Waals surface area contributed by atoms with E-state index in [1.165, 1.54) is 30.3 Å². The summed E-state index contributed by atoms with van der Waals surface area (Å²) < 4.78 is 72.3. The second-order valence-corrected chi connectivity index (χ2v) is 9.57. The zero-order valence-corrected chi connectivity index (χ0v) is 22.2. The Bertz CT molecular complexity index is 1380. The van der Waals surface area contributed by atoms with E-state index in [1.54, 1.807) is 19.9 Å². The van der Waals surface area contributed by atoms with E-state index in [9.17, 15) is 22.0 Å². The van der Waals surface area contributed by atoms with Crippen molar-refractivity contribution in [1.82, 2.24) is 5.01 Å². The van der Waals surface area contributed by atoms with E-state index in [4.69, 9.17) is 0 Å². The molecule has 1 heterocycles. The van der Waals surface area contributed by atoms with Gasteiger partial charge in [0.05, 0.1) is 27.6 Å². The van der Waals surface area contributed by atoms with E-state index >= 15 is 4.39 Å². The molecule has 1 aromatic carbocycles. The lowest BCUT2D eigenvalue weighted by Crippen LogP contribution is -2.21. The van der Waals surface area contributed by atoms with Crippen LogP contribution in [0.15, 0.2) is 88.0 Å². The molecular weight excluding hydrogens is 503 g/mol. The van der Waals surface area contributed by atoms with Crippen molar-refractivity contribution in [2.24, 2.45) is 5.10 Å². The molecule has 0 atom stereocenters. The zero-order chi connectivity index (χ0) is 27.9. The van der Waals surface area contributed by atoms with Crippen LogP contribution in [0.3, 0.4) is 0 Å². The van der Waals surface area contributed by atoms with Crippen LogP contribution < -0.4 is 4.72 Å². The SMILES string of the molecule is C=CN1N=C(c2c(F)ccc(NS(=O)(=O)C3=C(\C)CCC=C/C(F)=C\3)c2F)C=C/C1=C(/C)C(C)=O.CC. The number of rotatable bonds is 6. The zero-order valence-electron chi connectivity index (χ0n) is 21.4. The number of Topliss-reactive ketones (excluding diaryl/α,β-unsaturated/α-hetero) is 1. The Labute approximate surface area is 216 Å². The second kappa shape index (κ2) is 12.5. The normalized spacial score (nSPS) is 20.5. The van der Waals surface area contributed by atoms with Gasteiger partial charge in [0, 0.05) is 11.8 Å². The molecule has 0 fully saturated rings. The fourth-order valence-corrected chi connectivity index (χ4v) is 4.86. The van der Waals surface area contributed by atoms with Crippen LogP contribution in [-0.4, -0.2) is 24.9 Å². The molecule has 1 N–H and O–H groups in total. The highest BCUT2D eigenvalue weighted by atomic mass is 32.2. The maximum absolute atomic E-state index is 15.4. The van der Waals surface area contributed by atoms with Crippen LogP contribution in [0, 0.1) is 11.6 Å². The number of sulfonamides is 1. The van der Waals surface area contributed by atoms with Gasteiger partial charge in [-0.3, -0.25) is 9.52 Å². The Kier molecular flexibility index (Phi) is 10.0. The topological polar surface area (TPSA) is 78.8 Å². The van der Waals surface area contributed by atoms with Crippen LogP contribution >= 0.6 is 0 Å². The predicted molar refractivity (Wildman–Crippen MR) is 142 cm³/mol. The lowest BCUT2D eigenvalue weighted by atomic mass is 10.0. The predicted octanol–water partition coefficient (Wildman–Crippen LogP) is 6.79. The third-order valence-electron chi connectivity index (χ3n) is 5.48. The van der Waals surface area contributed by atoms with Crippen molar-refractivity contribution < 1.29 is 26.4 Å². The molecule has 0 saturated heterocycles. The van der Waals surface area contributed by atoms with E-state index in [0.29, 0.717) is 29.7 Å². The molecule has 0 unspecified atom stereocenters. The number of carbonyl (C=O) groups is 1. The van der Waals surface area contributed by atoms with Crippen molar-refractivity contribution in [1.29, 1.82) is 0 Å². The molecule has 1 aromatic rings. The lowest BCUT2D eigenvalue weighted by molar-refractivity contribution is -0.113. The molecule has 0 bridgehead atoms. The summed E-state index contributed by atoms with van der Waals surface area (Å²) >= 11 is 0. The van der Waals surface area contributed by atoms with Gasteiger partial charge in [0.25, 0.3) is 10.0 Å². The van der Waals surface area contributed by atoms with Crippen molar-refractivity contribution in [2.45, 2.75) is 47.5 Å². The van der Waals surface area contributed by atoms with Crippen molar-refractivity contribution in [3.63, 3.8) is 0 Å². The quantitative estimate of drug-likeness (QED) is 0.408. The second-order valence-electron chi connectivity index (χ2n) is 7.92. The number of benzene rings is 1. The molecular formula is C27H30F3N3O3S. The number of nitrogens with zero attached hydrogens (tertiary/aromatic N) is 2. The number of hydrogen-bond donors (Lipinski definition) is 1. The van der Waals surface area contributed by atoms with E-state index in [2.05, 4.69) is 16.4 Å². The van der Waals surface area contributed by atoms with Gasteiger partial charge in [-0.15, -0.1) is 0 Å². The minimum absolute atomic E-state index is 0.154. The van der Waals surface area contributed by atoms with Gasteiger partial charge in [-0.05, 0) is 70.0 Å². The average Bonchev–Trinajstić information content (AvgIpc) is 2.86. The number of nitrogens with one attached hydrogen (secondary N) is 1. The lowest BCUT2D eigenvalue weighted by Gasteiger charge is -2.23. The molecule has 198 valence electrons. The Balaban J connectivity index is 0.00000235. The summed E-state index contributed by atoms with van der Waals surface area (Å²) in [6.07, 6.45) is 8.45. The third-order valence-corrected chi connectivity index (χ3v) is 7.01. The highest BCUT2D eigenvalue weighted by molar-refractivity contribution is 7.96. The summed E-state index contributed by atoms with van der Waals surface area (Å²) in [4.78, 5) is 11.4. The molecule has 1 aliphatic heterocycles. The van der Waals surface area contributed by atoms with Gasteiger partial charge >= 0.3 is 0 Å². The molecule has 0 amide bonds. The van der Waals surface area contributed by atoms with Crippen molar-refractivity contribution in [3.8, 4) is 0 Å². The number of carbonyl (C=O) groups excluding carboxylic acids is 1. The average molecular weight is 534 g/mol. The first-order valence-corrected chi connectivity index (χ1v) is 13.1. The standard InChI is InChI=1S/C25H24F3N3O3S.C2H6/c1-5-31-22(16(3)17(4)32)13-12-20(29-31)24-19(27)10-11-21(25(24)28)30-35(33,34)23-14-18(26)9-7-6-8-15(23)2;1-2/h5,7,9-14,30H,1,6,8H2,2-4H3;1-2H3/b9-7?,18-14+,22-16+,23-15+;. The fraction of sp³-hybridized carbons (Fsp3) is 0.259. The number of hydrogen-bond acceptors (Lipinski definition) is 5. The van der Waals surface area contributed by atoms with Crippen molar-refractivity contribution in [3.05, 3.63) is 100 Å². The number of ketones is 1. The summed E-state index contributed by atoms with van der Waals surface area (Å²) in [5.41, 5.74) is -0.135. The van der Waals surface area contributed by atoms with Gasteiger partial charge in [0.1, 0.15) is 11.6 Å². The van der Waals surface area contributed by atoms with Gasteiger partial charge in [0.15, 0.2) is 11.6 Å². The van der Waals surface area contributed by atoms with Gasteiger partial charge in [-0.25, -0.2) is 26.6 Å². The summed E-state index contributed by atoms with van der Waals surface area (Å²) in [5.74, 6) is -3.17. The van der Waals surface area contributed by atoms with Crippen LogP contribution in [0.4, 0.5) is 18.9 Å². The first kappa shape index (κ1) is 29.6. The molecule has 0 spiro atoms. The monoisotopic (exact) mass is 533 g/mol. The summed E-state index contributed by atoms with van der Waals surface area (Å²) in [6.45, 7) is 12.1. The molecule has 10 heteroatoms. The number of allylic oxidation sites excluding steroid dienone is 8. The maximum Gasteiger partial charge on any atom is 0.262 e. The van der Waals surface area contributed by atoms with E-state index in [-0.39, 0.29) is 16.4 Å². The minimum atomic E-state index is -4.40. The molecule has 6 nitrogen and oxygen atoms in total. The first-order valence-electron chi connectivity index (χ1n) is 11.6. The fourth-order valence-electron chi connectivity index (χ4n) is 3.48. The minimum Gasteiger partial charge on any atom is -0.295 e. The summed E-state index contributed by atoms with van der Waals surface area (Å²) in [6, 6.07) is 1.84. The summed E-state index contributed by atoms with van der Waals surface area (Å²) in [7, 11) is -4.40. The molecule has 0 radical (unpaired) electrons. The summed E-state index contributed by atoms with van der Waals surface area (Å²) in [5, 5.41) is 5.35. The molecule has 37 heavy (non-hydrogen) atoms. The smallest absolute Gasteiger partial charge is 0.262 e. The third kappa shape index (κ3) is 6.76. The van der Waals surface area contributed by atoms with E-state index < -0.39 is 38.7 Å². The molecule has 3 rings (SSSR count). The Morgan fingerprint density at radius 3 is 2.43 bits per heavy atom. The van der Waals surface area contributed by atoms with E-state index in [1.807, 2.05) is 13.8 Å². The van der Waals surface area contributed by atoms with Crippen LogP contribution in [0.2, 0.25) is 0 Å². The Morgan fingerprint density at radius 2 is 1.81 bits per heavy atom. The number of halogens is 3. The molecule has 0 aromatic heterocycles. The van der Waals surface area contributed by atoms with Crippen LogP contribution in [0.1, 0.15) is 53.0 Å². The Hall–Kier alpha value is -3.66. The Morgan fingerprint density at radius 1 is 1.14 bits per heavy atom. The highest BCUT2D eigenvalue weighted by Crippen LogP contribution is 2.30. The number of anilines is 1. The number of hydrazone groups is 1. The first-order chi connectivity index (χ1) is 17.5. The molecule has 1 aliphatic carbocycles. The van der Waals surface area contributed by atoms with Gasteiger partial charge in [-0.1, -0.05) is 32.1 Å².